The SMILES string of the molecule is CC1=CC(=NNc2cc(S(=O)(=O)[O-])c3cccc(S(=O)(=O)[O-])c3c2)C(=O)C(NN=C2C(=O)c3ccc(Nc4ccc5c(c4)C=C(S(=O)(=O)[O-])C(=NN=C4C=C(C)C(NNc6cc(S(=O)(=O)[O-])c7cccc(S(=O)(=O)[O-])c7c6)=CC4=O)C5=O)cc3C=C2S(=O)(=O)[O-])=C1.[Cu+2].[Cu+2].[Na+].[Na+].[Na+].[Na+].[Na+]. The average molecular weight is 1590 g/mol. The first-order valence-corrected chi connectivity index (χ1v) is 33.5. The van der Waals surface area contributed by atoms with Gasteiger partial charge >= 0.3 is 182 Å². The van der Waals surface area contributed by atoms with Crippen molar-refractivity contribution in [2.75, 3.05) is 16.2 Å². The number of allylic oxidation sites excluding steroid dienone is 9. The summed E-state index contributed by atoms with van der Waals surface area (Å²) in [6.07, 6.45) is 6.05. The smallest absolute Gasteiger partial charge is 0.744 e. The molecule has 0 heterocycles. The first-order chi connectivity index (χ1) is 42.3. The van der Waals surface area contributed by atoms with E-state index in [0.29, 0.717) is 0 Å². The summed E-state index contributed by atoms with van der Waals surface area (Å²) in [7, 11) is -32.0. The van der Waals surface area contributed by atoms with Gasteiger partial charge in [-0.2, -0.15) is 10.2 Å². The number of carbonyl (C=O) groups is 4. The van der Waals surface area contributed by atoms with Crippen LogP contribution < -0.4 is 175 Å². The minimum atomic E-state index is -5.54. The predicted octanol–water partition coefficient (Wildman–Crippen LogP) is -11.8. The molecule has 486 valence electrons. The molecule has 10 rings (SSSR count). The van der Waals surface area contributed by atoms with Crippen molar-refractivity contribution in [1.82, 2.24) is 10.9 Å². The molecule has 98 heavy (non-hydrogen) atoms. The summed E-state index contributed by atoms with van der Waals surface area (Å²) in [6.45, 7) is 2.88. The third kappa shape index (κ3) is 19.5. The monoisotopic (exact) mass is 1590 g/mol. The van der Waals surface area contributed by atoms with Gasteiger partial charge in [-0.25, -0.2) is 50.5 Å². The van der Waals surface area contributed by atoms with Crippen LogP contribution in [0.3, 0.4) is 0 Å². The van der Waals surface area contributed by atoms with Crippen LogP contribution in [0.4, 0.5) is 22.7 Å². The van der Waals surface area contributed by atoms with Gasteiger partial charge in [0.15, 0.2) is 5.71 Å². The number of Topliss-reactive ketones (excluding diaryl/α,β-unsaturated/α-hetero) is 3. The van der Waals surface area contributed by atoms with E-state index in [0.717, 1.165) is 85.0 Å². The summed E-state index contributed by atoms with van der Waals surface area (Å²) < 4.78 is 221. The molecule has 31 nitrogen and oxygen atoms in total. The van der Waals surface area contributed by atoms with E-state index in [-0.39, 0.29) is 249 Å². The van der Waals surface area contributed by atoms with E-state index in [1.807, 2.05) is 0 Å². The van der Waals surface area contributed by atoms with Crippen molar-refractivity contribution in [2.24, 2.45) is 20.4 Å². The molecule has 0 atom stereocenters. The van der Waals surface area contributed by atoms with Crippen LogP contribution in [0, 0.1) is 0 Å². The second-order valence-electron chi connectivity index (χ2n) is 19.7. The summed E-state index contributed by atoms with van der Waals surface area (Å²) in [5.41, 5.74) is 5.66. The number of anilines is 4. The largest absolute Gasteiger partial charge is 2.00 e. The fourth-order valence-corrected chi connectivity index (χ4v) is 13.6. The zero-order valence-electron chi connectivity index (χ0n) is 51.0. The Morgan fingerprint density at radius 3 is 1.32 bits per heavy atom. The standard InChI is InChI=1S/C54H39N9O22S6.2Cu.5Na/c1-25-13-41(60-57-32-21-38-36(47(23-32)89(77,78)79)6-4-8-45(38)87(71,72)73)54(67)42(14-25)61-63-51-49(91(83,84)85)19-28-17-30(10-12-34(28)53(51)66)55-29-9-11-33-27(16-29)18-48(90(80,81)82)50(52(33)65)62-59-40-15-26(2)39(24-43(40)64)58-56-31-20-37-35(46(22-31)88(74,75)76)5-3-7-44(37)86(68,69)70;;;;;;;/h3-24,55-58,61H,1-2H3,(H,68,69,70)(H,71,72,73)(H,74,75,76)(H,77,78,79)(H,80,81,82)(H,83,84,85);;;;;;;/q;2*+2;5*+1/p-6. The van der Waals surface area contributed by atoms with Crippen LogP contribution >= 0.6 is 0 Å². The average Bonchev–Trinajstić information content (AvgIpc) is 0.771. The Morgan fingerprint density at radius 2 is 0.837 bits per heavy atom. The van der Waals surface area contributed by atoms with Crippen LogP contribution in [0.5, 0.6) is 0 Å². The van der Waals surface area contributed by atoms with Gasteiger partial charge in [0.2, 0.25) is 23.1 Å². The number of benzene rings is 6. The van der Waals surface area contributed by atoms with Crippen LogP contribution in [-0.2, 0) is 104 Å². The van der Waals surface area contributed by atoms with E-state index in [1.165, 1.54) is 62.4 Å². The Morgan fingerprint density at radius 1 is 0.378 bits per heavy atom. The molecule has 0 saturated carbocycles. The molecule has 0 amide bonds. The van der Waals surface area contributed by atoms with Crippen LogP contribution in [0.15, 0.2) is 194 Å². The number of fused-ring (bicyclic) bond motifs is 4. The number of hydrogen-bond donors (Lipinski definition) is 5. The molecular weight excluding hydrogens is 1560 g/mol. The molecule has 2 radical (unpaired) electrons. The molecule has 0 aromatic heterocycles. The Kier molecular flexibility index (Phi) is 30.4. The molecule has 6 aromatic carbocycles. The van der Waals surface area contributed by atoms with E-state index in [4.69, 9.17) is 0 Å². The van der Waals surface area contributed by atoms with E-state index in [9.17, 15) is 97.0 Å². The fourth-order valence-electron chi connectivity index (χ4n) is 9.50. The molecule has 0 bridgehead atoms. The zero-order chi connectivity index (χ0) is 66.2. The summed E-state index contributed by atoms with van der Waals surface area (Å²) in [6, 6.07) is 17.2. The molecule has 6 aromatic rings. The molecule has 4 aliphatic carbocycles. The number of ketones is 4. The van der Waals surface area contributed by atoms with Crippen molar-refractivity contribution in [1.29, 1.82) is 0 Å². The molecule has 0 fully saturated rings. The summed E-state index contributed by atoms with van der Waals surface area (Å²) in [5.74, 6) is -4.19. The maximum atomic E-state index is 13.9. The number of nitrogens with one attached hydrogen (secondary N) is 5. The molecule has 0 aliphatic heterocycles. The Labute approximate surface area is 689 Å². The third-order valence-corrected chi connectivity index (χ3v) is 18.8. The van der Waals surface area contributed by atoms with Crippen molar-refractivity contribution >= 4 is 163 Å². The van der Waals surface area contributed by atoms with Crippen LogP contribution in [0.2, 0.25) is 0 Å². The first kappa shape index (κ1) is 88.4. The van der Waals surface area contributed by atoms with Crippen LogP contribution in [0.1, 0.15) is 45.7 Å². The molecular formula is C54H33Cu2N9Na5O22S6+3. The predicted molar refractivity (Wildman–Crippen MR) is 317 cm³/mol. The molecule has 0 spiro atoms. The fraction of sp³-hybridized carbons (Fsp3) is 0.0370. The Hall–Kier alpha value is -3.86. The van der Waals surface area contributed by atoms with Gasteiger partial charge in [0.1, 0.15) is 83.5 Å². The maximum Gasteiger partial charge on any atom is 2.00 e. The molecule has 5 N–H and O–H groups in total. The van der Waals surface area contributed by atoms with Crippen molar-refractivity contribution in [2.45, 2.75) is 33.4 Å². The number of hydrogen-bond acceptors (Lipinski definition) is 31. The Bertz CT molecular complexity index is 5520. The summed E-state index contributed by atoms with van der Waals surface area (Å²) in [5, 5.41) is 16.5. The normalized spacial score (nSPS) is 16.4. The Balaban J connectivity index is 0.00000357. The topological polar surface area (TPSA) is 521 Å². The number of hydrazone groups is 2. The number of rotatable bonds is 16. The van der Waals surface area contributed by atoms with Crippen LogP contribution in [-0.4, -0.2) is 124 Å². The van der Waals surface area contributed by atoms with E-state index < -0.39 is 158 Å². The molecule has 4 aliphatic rings. The van der Waals surface area contributed by atoms with Gasteiger partial charge < -0.3 is 43.5 Å². The second kappa shape index (κ2) is 33.7. The van der Waals surface area contributed by atoms with Gasteiger partial charge in [-0.3, -0.25) is 30.0 Å². The first-order valence-electron chi connectivity index (χ1n) is 25.1. The maximum absolute atomic E-state index is 13.9. The summed E-state index contributed by atoms with van der Waals surface area (Å²) >= 11 is 0. The number of carbonyl (C=O) groups excluding carboxylic acids is 4. The number of nitrogens with zero attached hydrogens (tertiary/aromatic N) is 4. The minimum absolute atomic E-state index is 0. The zero-order valence-corrected chi connectivity index (χ0v) is 67.8. The van der Waals surface area contributed by atoms with Crippen molar-refractivity contribution in [3.8, 4) is 0 Å². The molecule has 0 saturated heterocycles. The van der Waals surface area contributed by atoms with E-state index >= 15 is 0 Å². The summed E-state index contributed by atoms with van der Waals surface area (Å²) in [4.78, 5) is 48.9. The van der Waals surface area contributed by atoms with E-state index in [2.05, 4.69) is 47.4 Å². The van der Waals surface area contributed by atoms with Gasteiger partial charge in [-0.1, -0.05) is 24.3 Å². The number of hydrazine groups is 1. The van der Waals surface area contributed by atoms with Gasteiger partial charge in [-0.15, -0.1) is 10.2 Å². The van der Waals surface area contributed by atoms with Crippen LogP contribution in [0.25, 0.3) is 33.7 Å². The van der Waals surface area contributed by atoms with E-state index in [1.54, 1.807) is 0 Å². The molecule has 0 unspecified atom stereocenters. The van der Waals surface area contributed by atoms with Gasteiger partial charge in [0.05, 0.1) is 46.5 Å². The van der Waals surface area contributed by atoms with Crippen molar-refractivity contribution < 1.29 is 279 Å². The van der Waals surface area contributed by atoms with Crippen molar-refractivity contribution in [3.63, 3.8) is 0 Å². The van der Waals surface area contributed by atoms with Gasteiger partial charge in [0.25, 0.3) is 0 Å². The minimum Gasteiger partial charge on any atom is -0.744 e. The van der Waals surface area contributed by atoms with Gasteiger partial charge in [-0.05, 0) is 139 Å². The third-order valence-electron chi connectivity index (χ3n) is 13.5. The molecule has 44 heteroatoms. The second-order valence-corrected chi connectivity index (χ2v) is 27.8. The van der Waals surface area contributed by atoms with Gasteiger partial charge in [0, 0.05) is 50.1 Å². The quantitative estimate of drug-likeness (QED) is 0.0260. The van der Waals surface area contributed by atoms with Crippen molar-refractivity contribution in [3.05, 3.63) is 176 Å².